The van der Waals surface area contributed by atoms with E-state index in [9.17, 15) is 4.79 Å². The Kier molecular flexibility index (Phi) is 5.22. The molecule has 0 aromatic heterocycles. The molecule has 1 aromatic carbocycles. The minimum absolute atomic E-state index is 0.0222. The molecule has 5 nitrogen and oxygen atoms in total. The average Bonchev–Trinajstić information content (AvgIpc) is 2.29. The van der Waals surface area contributed by atoms with E-state index in [2.05, 4.69) is 5.43 Å². The summed E-state index contributed by atoms with van der Waals surface area (Å²) >= 11 is 4.71. The molecule has 0 aliphatic heterocycles. The van der Waals surface area contributed by atoms with Gasteiger partial charge < -0.3 is 10.5 Å². The fourth-order valence-corrected chi connectivity index (χ4v) is 1.36. The van der Waals surface area contributed by atoms with Gasteiger partial charge in [-0.05, 0) is 24.7 Å². The van der Waals surface area contributed by atoms with E-state index in [1.54, 1.807) is 6.92 Å². The lowest BCUT2D eigenvalue weighted by Crippen LogP contribution is -2.48. The molecule has 0 fully saturated rings. The Morgan fingerprint density at radius 1 is 1.47 bits per heavy atom. The molecule has 0 radical (unpaired) electrons. The molecule has 0 saturated carbocycles. The lowest BCUT2D eigenvalue weighted by Gasteiger charge is -2.22. The number of nitrogens with one attached hydrogen (secondary N) is 1. The molecular formula is C11H15N3O2S. The molecular weight excluding hydrogens is 238 g/mol. The smallest absolute Gasteiger partial charge is 0.428 e. The van der Waals surface area contributed by atoms with Crippen molar-refractivity contribution in [1.82, 2.24) is 10.4 Å². The van der Waals surface area contributed by atoms with Crippen molar-refractivity contribution in [1.29, 1.82) is 0 Å². The summed E-state index contributed by atoms with van der Waals surface area (Å²) in [6.07, 6.45) is -0.510. The molecule has 6 heteroatoms. The second-order valence-corrected chi connectivity index (χ2v) is 3.69. The van der Waals surface area contributed by atoms with E-state index in [-0.39, 0.29) is 5.11 Å². The Bertz CT molecular complexity index is 384. The molecule has 0 unspecified atom stereocenters. The second kappa shape index (κ2) is 6.70. The van der Waals surface area contributed by atoms with Gasteiger partial charge in [0.1, 0.15) is 0 Å². The number of carbonyl (C=O) groups excluding carboxylic acids is 1. The number of hydrazine groups is 1. The molecule has 92 valence electrons. The molecule has 0 saturated heterocycles. The van der Waals surface area contributed by atoms with Crippen molar-refractivity contribution in [3.63, 3.8) is 0 Å². The zero-order chi connectivity index (χ0) is 12.7. The van der Waals surface area contributed by atoms with Crippen LogP contribution in [0, 0.1) is 0 Å². The van der Waals surface area contributed by atoms with Crippen LogP contribution in [0.25, 0.3) is 0 Å². The van der Waals surface area contributed by atoms with Crippen LogP contribution in [0.4, 0.5) is 4.79 Å². The van der Waals surface area contributed by atoms with Gasteiger partial charge in [0.2, 0.25) is 0 Å². The first-order chi connectivity index (χ1) is 8.13. The molecule has 0 bridgehead atoms. The van der Waals surface area contributed by atoms with Gasteiger partial charge in [-0.15, -0.1) is 0 Å². The molecule has 1 amide bonds. The van der Waals surface area contributed by atoms with Crippen LogP contribution in [0.15, 0.2) is 30.3 Å². The van der Waals surface area contributed by atoms with E-state index in [1.165, 1.54) is 5.01 Å². The zero-order valence-electron chi connectivity index (χ0n) is 9.55. The molecule has 0 aliphatic carbocycles. The van der Waals surface area contributed by atoms with Gasteiger partial charge in [0, 0.05) is 0 Å². The summed E-state index contributed by atoms with van der Waals surface area (Å²) in [5.41, 5.74) is 8.88. The number of ether oxygens (including phenoxy) is 1. The van der Waals surface area contributed by atoms with Crippen molar-refractivity contribution in [2.45, 2.75) is 13.5 Å². The van der Waals surface area contributed by atoms with Crippen LogP contribution in [0.2, 0.25) is 0 Å². The fourth-order valence-electron chi connectivity index (χ4n) is 1.25. The van der Waals surface area contributed by atoms with E-state index in [0.717, 1.165) is 5.56 Å². The summed E-state index contributed by atoms with van der Waals surface area (Å²) in [4.78, 5) is 11.6. The maximum atomic E-state index is 11.6. The van der Waals surface area contributed by atoms with Crippen LogP contribution in [0.5, 0.6) is 0 Å². The number of rotatable bonds is 3. The Morgan fingerprint density at radius 3 is 2.65 bits per heavy atom. The quantitative estimate of drug-likeness (QED) is 0.629. The molecule has 3 N–H and O–H groups in total. The fraction of sp³-hybridized carbons (Fsp3) is 0.273. The van der Waals surface area contributed by atoms with Crippen molar-refractivity contribution < 1.29 is 9.53 Å². The molecule has 0 heterocycles. The Hall–Kier alpha value is -1.82. The normalized spacial score (nSPS) is 9.47. The van der Waals surface area contributed by atoms with Crippen molar-refractivity contribution in [2.75, 3.05) is 6.61 Å². The highest BCUT2D eigenvalue weighted by Gasteiger charge is 2.15. The van der Waals surface area contributed by atoms with Gasteiger partial charge >= 0.3 is 6.09 Å². The molecule has 0 aliphatic rings. The van der Waals surface area contributed by atoms with E-state index < -0.39 is 6.09 Å². The van der Waals surface area contributed by atoms with E-state index >= 15 is 0 Å². The average molecular weight is 253 g/mol. The van der Waals surface area contributed by atoms with Crippen LogP contribution in [0.1, 0.15) is 12.5 Å². The van der Waals surface area contributed by atoms with Crippen LogP contribution in [-0.4, -0.2) is 22.8 Å². The Labute approximate surface area is 106 Å². The lowest BCUT2D eigenvalue weighted by atomic mass is 10.2. The maximum absolute atomic E-state index is 11.6. The third-order valence-corrected chi connectivity index (χ3v) is 2.01. The predicted octanol–water partition coefficient (Wildman–Crippen LogP) is 1.39. The highest BCUT2D eigenvalue weighted by atomic mass is 32.1. The Balaban J connectivity index is 2.70. The monoisotopic (exact) mass is 253 g/mol. The molecule has 0 spiro atoms. The number of carbonyl (C=O) groups is 1. The number of hydrogen-bond donors (Lipinski definition) is 2. The Morgan fingerprint density at radius 2 is 2.12 bits per heavy atom. The summed E-state index contributed by atoms with van der Waals surface area (Å²) in [5, 5.41) is 1.26. The maximum Gasteiger partial charge on any atom is 0.428 e. The number of hydrogen-bond acceptors (Lipinski definition) is 3. The first kappa shape index (κ1) is 13.2. The number of nitrogens with zero attached hydrogens (tertiary/aromatic N) is 1. The number of nitrogens with two attached hydrogens (primary N) is 1. The van der Waals surface area contributed by atoms with Gasteiger partial charge in [-0.25, -0.2) is 9.80 Å². The van der Waals surface area contributed by atoms with Crippen LogP contribution < -0.4 is 11.2 Å². The first-order valence-corrected chi connectivity index (χ1v) is 5.58. The van der Waals surface area contributed by atoms with Gasteiger partial charge in [-0.3, -0.25) is 5.43 Å². The van der Waals surface area contributed by atoms with Crippen molar-refractivity contribution in [2.24, 2.45) is 5.73 Å². The standard InChI is InChI=1S/C11H15N3O2S/c1-2-16-11(15)14(13-10(12)17)8-9-6-4-3-5-7-9/h3-7H,2,8H2,1H3,(H3,12,13,17). The van der Waals surface area contributed by atoms with Crippen LogP contribution in [-0.2, 0) is 11.3 Å². The molecule has 1 aromatic rings. The van der Waals surface area contributed by atoms with Crippen LogP contribution >= 0.6 is 12.2 Å². The topological polar surface area (TPSA) is 67.6 Å². The molecule has 0 atom stereocenters. The van der Waals surface area contributed by atoms with Gasteiger partial charge in [0.25, 0.3) is 0 Å². The predicted molar refractivity (Wildman–Crippen MR) is 68.9 cm³/mol. The highest BCUT2D eigenvalue weighted by molar-refractivity contribution is 7.80. The van der Waals surface area contributed by atoms with E-state index in [1.807, 2.05) is 30.3 Å². The third kappa shape index (κ3) is 4.69. The minimum atomic E-state index is -0.510. The highest BCUT2D eigenvalue weighted by Crippen LogP contribution is 2.03. The van der Waals surface area contributed by atoms with Gasteiger partial charge in [0.15, 0.2) is 5.11 Å². The number of amides is 1. The summed E-state index contributed by atoms with van der Waals surface area (Å²) in [6.45, 7) is 2.36. The lowest BCUT2D eigenvalue weighted by molar-refractivity contribution is 0.0945. The van der Waals surface area contributed by atoms with Gasteiger partial charge in [-0.1, -0.05) is 30.3 Å². The minimum Gasteiger partial charge on any atom is -0.448 e. The van der Waals surface area contributed by atoms with Crippen molar-refractivity contribution in [3.8, 4) is 0 Å². The van der Waals surface area contributed by atoms with Crippen molar-refractivity contribution in [3.05, 3.63) is 35.9 Å². The first-order valence-electron chi connectivity index (χ1n) is 5.17. The SMILES string of the molecule is CCOC(=O)N(Cc1ccccc1)NC(N)=S. The van der Waals surface area contributed by atoms with E-state index in [4.69, 9.17) is 22.7 Å². The van der Waals surface area contributed by atoms with Gasteiger partial charge in [0.05, 0.1) is 13.2 Å². The largest absolute Gasteiger partial charge is 0.448 e. The van der Waals surface area contributed by atoms with Crippen LogP contribution in [0.3, 0.4) is 0 Å². The van der Waals surface area contributed by atoms with E-state index in [0.29, 0.717) is 13.2 Å². The second-order valence-electron chi connectivity index (χ2n) is 3.25. The summed E-state index contributed by atoms with van der Waals surface area (Å²) < 4.78 is 4.89. The summed E-state index contributed by atoms with van der Waals surface area (Å²) in [7, 11) is 0. The zero-order valence-corrected chi connectivity index (χ0v) is 10.4. The number of thiocarbonyl (C=S) groups is 1. The third-order valence-electron chi connectivity index (χ3n) is 1.92. The molecule has 1 rings (SSSR count). The summed E-state index contributed by atoms with van der Waals surface area (Å²) in [5.74, 6) is 0. The number of benzene rings is 1. The summed E-state index contributed by atoms with van der Waals surface area (Å²) in [6, 6.07) is 9.47. The van der Waals surface area contributed by atoms with Gasteiger partial charge in [-0.2, -0.15) is 0 Å². The van der Waals surface area contributed by atoms with Crippen molar-refractivity contribution >= 4 is 23.4 Å². The molecule has 17 heavy (non-hydrogen) atoms.